The molecular weight excluding hydrogens is 270 g/mol. The van der Waals surface area contributed by atoms with Crippen molar-refractivity contribution in [3.63, 3.8) is 0 Å². The van der Waals surface area contributed by atoms with Crippen LogP contribution in [0.15, 0.2) is 36.4 Å². The van der Waals surface area contributed by atoms with Crippen molar-refractivity contribution in [2.24, 2.45) is 0 Å². The number of aromatic carboxylic acids is 1. The van der Waals surface area contributed by atoms with E-state index in [1.807, 2.05) is 0 Å². The van der Waals surface area contributed by atoms with Gasteiger partial charge in [0.05, 0.1) is 0 Å². The molecule has 2 N–H and O–H groups in total. The van der Waals surface area contributed by atoms with E-state index in [9.17, 15) is 18.4 Å². The minimum absolute atomic E-state index is 0.000340. The number of amides is 1. The average Bonchev–Trinajstić information content (AvgIpc) is 2.42. The highest BCUT2D eigenvalue weighted by molar-refractivity contribution is 6.03. The Morgan fingerprint density at radius 1 is 1.10 bits per heavy atom. The maximum Gasteiger partial charge on any atom is 0.354 e. The molecule has 0 aliphatic carbocycles. The number of hydrogen-bond donors (Lipinski definition) is 2. The number of anilines is 1. The molecular formula is C13H8F2N2O3. The van der Waals surface area contributed by atoms with Gasteiger partial charge in [0.15, 0.2) is 17.3 Å². The number of rotatable bonds is 3. The smallest absolute Gasteiger partial charge is 0.354 e. The highest BCUT2D eigenvalue weighted by Crippen LogP contribution is 2.11. The number of nitrogens with one attached hydrogen (secondary N) is 1. The molecule has 0 unspecified atom stereocenters. The van der Waals surface area contributed by atoms with Crippen LogP contribution in [0.2, 0.25) is 0 Å². The summed E-state index contributed by atoms with van der Waals surface area (Å²) in [5.41, 5.74) is -0.348. The van der Waals surface area contributed by atoms with Crippen LogP contribution in [-0.4, -0.2) is 22.0 Å². The zero-order valence-corrected chi connectivity index (χ0v) is 9.93. The third-order valence-electron chi connectivity index (χ3n) is 2.39. The van der Waals surface area contributed by atoms with Gasteiger partial charge in [-0.25, -0.2) is 18.6 Å². The minimum atomic E-state index is -1.24. The molecule has 2 aromatic rings. The summed E-state index contributed by atoms with van der Waals surface area (Å²) >= 11 is 0. The molecule has 0 spiro atoms. The Morgan fingerprint density at radius 2 is 1.85 bits per heavy atom. The van der Waals surface area contributed by atoms with E-state index >= 15 is 0 Å². The summed E-state index contributed by atoms with van der Waals surface area (Å²) in [4.78, 5) is 26.2. The Bertz CT molecular complexity index is 689. The maximum absolute atomic E-state index is 13.0. The van der Waals surface area contributed by atoms with Crippen molar-refractivity contribution in [3.05, 3.63) is 59.3 Å². The van der Waals surface area contributed by atoms with E-state index in [-0.39, 0.29) is 17.1 Å². The Hall–Kier alpha value is -2.83. The number of carbonyl (C=O) groups is 2. The first kappa shape index (κ1) is 13.6. The van der Waals surface area contributed by atoms with Crippen molar-refractivity contribution in [1.82, 2.24) is 4.98 Å². The second-order valence-electron chi connectivity index (χ2n) is 3.80. The first-order valence-electron chi connectivity index (χ1n) is 5.44. The molecule has 7 heteroatoms. The molecule has 5 nitrogen and oxygen atoms in total. The Morgan fingerprint density at radius 3 is 2.50 bits per heavy atom. The van der Waals surface area contributed by atoms with Gasteiger partial charge in [-0.05, 0) is 30.3 Å². The van der Waals surface area contributed by atoms with Crippen LogP contribution in [0.4, 0.5) is 14.6 Å². The van der Waals surface area contributed by atoms with Gasteiger partial charge in [-0.1, -0.05) is 6.07 Å². The Labute approximate surface area is 111 Å². The molecule has 1 aromatic carbocycles. The normalized spacial score (nSPS) is 10.1. The molecule has 1 aromatic heterocycles. The lowest BCUT2D eigenvalue weighted by atomic mass is 10.2. The van der Waals surface area contributed by atoms with Crippen LogP contribution in [0, 0.1) is 11.6 Å². The van der Waals surface area contributed by atoms with E-state index in [0.29, 0.717) is 0 Å². The summed E-state index contributed by atoms with van der Waals surface area (Å²) in [5, 5.41) is 11.1. The summed E-state index contributed by atoms with van der Waals surface area (Å²) in [6, 6.07) is 6.71. The molecule has 1 heterocycles. The molecule has 0 saturated heterocycles. The van der Waals surface area contributed by atoms with Crippen LogP contribution < -0.4 is 5.32 Å². The van der Waals surface area contributed by atoms with Gasteiger partial charge in [-0.2, -0.15) is 0 Å². The van der Waals surface area contributed by atoms with Crippen molar-refractivity contribution in [2.45, 2.75) is 0 Å². The predicted octanol–water partition coefficient (Wildman–Crippen LogP) is 2.31. The third-order valence-corrected chi connectivity index (χ3v) is 2.39. The third kappa shape index (κ3) is 2.94. The van der Waals surface area contributed by atoms with Crippen LogP contribution in [0.3, 0.4) is 0 Å². The van der Waals surface area contributed by atoms with Gasteiger partial charge < -0.3 is 10.4 Å². The first-order chi connectivity index (χ1) is 9.47. The highest BCUT2D eigenvalue weighted by Gasteiger charge is 2.11. The van der Waals surface area contributed by atoms with Crippen molar-refractivity contribution >= 4 is 17.7 Å². The molecule has 0 aliphatic rings. The molecule has 0 aliphatic heterocycles. The van der Waals surface area contributed by atoms with Gasteiger partial charge in [0.25, 0.3) is 5.91 Å². The van der Waals surface area contributed by atoms with Gasteiger partial charge in [0.1, 0.15) is 5.82 Å². The average molecular weight is 278 g/mol. The van der Waals surface area contributed by atoms with E-state index in [4.69, 9.17) is 5.11 Å². The van der Waals surface area contributed by atoms with Gasteiger partial charge >= 0.3 is 5.97 Å². The van der Waals surface area contributed by atoms with Crippen molar-refractivity contribution in [3.8, 4) is 0 Å². The van der Waals surface area contributed by atoms with Crippen LogP contribution in [-0.2, 0) is 0 Å². The fourth-order valence-electron chi connectivity index (χ4n) is 1.45. The second kappa shape index (κ2) is 5.43. The van der Waals surface area contributed by atoms with Gasteiger partial charge in [0, 0.05) is 5.56 Å². The zero-order chi connectivity index (χ0) is 14.7. The summed E-state index contributed by atoms with van der Waals surface area (Å²) in [6.07, 6.45) is 0. The standard InChI is InChI=1S/C13H8F2N2O3/c14-8-5-4-7(6-9(8)15)12(18)17-11-3-1-2-10(16-11)13(19)20/h1-6H,(H,19,20)(H,16,17,18). The highest BCUT2D eigenvalue weighted by atomic mass is 19.2. The Balaban J connectivity index is 2.21. The minimum Gasteiger partial charge on any atom is -0.477 e. The number of aromatic nitrogens is 1. The van der Waals surface area contributed by atoms with E-state index < -0.39 is 23.5 Å². The van der Waals surface area contributed by atoms with Gasteiger partial charge in [-0.3, -0.25) is 4.79 Å². The second-order valence-corrected chi connectivity index (χ2v) is 3.80. The molecule has 20 heavy (non-hydrogen) atoms. The van der Waals surface area contributed by atoms with Crippen LogP contribution in [0.25, 0.3) is 0 Å². The monoisotopic (exact) mass is 278 g/mol. The molecule has 1 amide bonds. The lowest BCUT2D eigenvalue weighted by Gasteiger charge is -2.05. The fourth-order valence-corrected chi connectivity index (χ4v) is 1.45. The van der Waals surface area contributed by atoms with E-state index in [2.05, 4.69) is 10.3 Å². The molecule has 0 atom stereocenters. The number of halogens is 2. The molecule has 0 saturated carbocycles. The first-order valence-corrected chi connectivity index (χ1v) is 5.44. The summed E-state index contributed by atoms with van der Waals surface area (Å²) in [7, 11) is 0. The topological polar surface area (TPSA) is 79.3 Å². The summed E-state index contributed by atoms with van der Waals surface area (Å²) in [6.45, 7) is 0. The van der Waals surface area contributed by atoms with Gasteiger partial charge in [0.2, 0.25) is 0 Å². The predicted molar refractivity (Wildman–Crippen MR) is 65.5 cm³/mol. The molecule has 0 radical (unpaired) electrons. The van der Waals surface area contributed by atoms with Crippen LogP contribution >= 0.6 is 0 Å². The zero-order valence-electron chi connectivity index (χ0n) is 9.93. The van der Waals surface area contributed by atoms with Crippen molar-refractivity contribution in [1.29, 1.82) is 0 Å². The molecule has 0 bridgehead atoms. The number of pyridine rings is 1. The lowest BCUT2D eigenvalue weighted by Crippen LogP contribution is -2.14. The van der Waals surface area contributed by atoms with Crippen molar-refractivity contribution < 1.29 is 23.5 Å². The maximum atomic E-state index is 13.0. The lowest BCUT2D eigenvalue weighted by molar-refractivity contribution is 0.0690. The Kier molecular flexibility index (Phi) is 3.69. The quantitative estimate of drug-likeness (QED) is 0.903. The SMILES string of the molecule is O=C(Nc1cccc(C(=O)O)n1)c1ccc(F)c(F)c1. The number of carboxylic acid groups (broad SMARTS) is 1. The number of hydrogen-bond acceptors (Lipinski definition) is 3. The van der Waals surface area contributed by atoms with Gasteiger partial charge in [-0.15, -0.1) is 0 Å². The number of nitrogens with zero attached hydrogens (tertiary/aromatic N) is 1. The van der Waals surface area contributed by atoms with E-state index in [1.54, 1.807) is 0 Å². The summed E-state index contributed by atoms with van der Waals surface area (Å²) in [5.74, 6) is -4.18. The molecule has 102 valence electrons. The number of carboxylic acids is 1. The number of benzene rings is 1. The van der Waals surface area contributed by atoms with Crippen LogP contribution in [0.5, 0.6) is 0 Å². The fraction of sp³-hybridized carbons (Fsp3) is 0. The molecule has 2 rings (SSSR count). The number of carbonyl (C=O) groups excluding carboxylic acids is 1. The largest absolute Gasteiger partial charge is 0.477 e. The summed E-state index contributed by atoms with van der Waals surface area (Å²) < 4.78 is 25.7. The van der Waals surface area contributed by atoms with Crippen LogP contribution in [0.1, 0.15) is 20.8 Å². The molecule has 0 fully saturated rings. The van der Waals surface area contributed by atoms with Crippen molar-refractivity contribution in [2.75, 3.05) is 5.32 Å². The van der Waals surface area contributed by atoms with E-state index in [1.165, 1.54) is 18.2 Å². The van der Waals surface area contributed by atoms with E-state index in [0.717, 1.165) is 18.2 Å².